The third kappa shape index (κ3) is 7.64. The first-order valence-corrected chi connectivity index (χ1v) is 18.4. The van der Waals surface area contributed by atoms with E-state index in [1.165, 1.54) is 4.90 Å². The highest BCUT2D eigenvalue weighted by Crippen LogP contribution is 2.61. The van der Waals surface area contributed by atoms with Gasteiger partial charge in [0.25, 0.3) is 5.91 Å². The van der Waals surface area contributed by atoms with Gasteiger partial charge in [-0.2, -0.15) is 0 Å². The summed E-state index contributed by atoms with van der Waals surface area (Å²) in [6.45, 7) is 11.3. The number of methoxy groups -OCH3 is 1. The van der Waals surface area contributed by atoms with E-state index in [9.17, 15) is 24.3 Å². The Morgan fingerprint density at radius 1 is 1.14 bits per heavy atom. The van der Waals surface area contributed by atoms with Gasteiger partial charge in [-0.3, -0.25) is 19.2 Å². The number of carbonyl (C=O) groups excluding carboxylic acids is 4. The lowest BCUT2D eigenvalue weighted by Crippen LogP contribution is -2.59. The number of aliphatic hydroxyl groups excluding tert-OH is 1. The largest absolute Gasteiger partial charge is 0.497 e. The molecule has 2 aromatic rings. The Morgan fingerprint density at radius 2 is 1.84 bits per heavy atom. The Morgan fingerprint density at radius 3 is 2.45 bits per heavy atom. The molecule has 0 aliphatic carbocycles. The predicted octanol–water partition coefficient (Wildman–Crippen LogP) is 4.74. The minimum Gasteiger partial charge on any atom is -0.497 e. The zero-order valence-corrected chi connectivity index (χ0v) is 31.0. The molecule has 5 rings (SSSR count). The quantitative estimate of drug-likeness (QED) is 0.134. The lowest BCUT2D eigenvalue weighted by molar-refractivity contribution is -0.161. The first-order valence-electron chi connectivity index (χ1n) is 17.5. The summed E-state index contributed by atoms with van der Waals surface area (Å²) in [5.41, 5.74) is -0.140. The number of alkyl halides is 1. The van der Waals surface area contributed by atoms with Gasteiger partial charge in [0.1, 0.15) is 23.5 Å². The van der Waals surface area contributed by atoms with Gasteiger partial charge in [0.15, 0.2) is 0 Å². The summed E-state index contributed by atoms with van der Waals surface area (Å²) in [5.74, 6) is -3.09. The molecule has 0 saturated carbocycles. The lowest BCUT2D eigenvalue weighted by Gasteiger charge is -2.39. The second-order valence-electron chi connectivity index (χ2n) is 13.8. The molecule has 0 aromatic heterocycles. The number of amides is 3. The summed E-state index contributed by atoms with van der Waals surface area (Å²) in [4.78, 5) is 59.3. The second kappa shape index (κ2) is 16.6. The maximum absolute atomic E-state index is 15.0. The smallest absolute Gasteiger partial charge is 0.313 e. The third-order valence-corrected chi connectivity index (χ3v) is 10.9. The molecule has 3 fully saturated rings. The molecule has 0 radical (unpaired) electrons. The standard InChI is InChI=1S/C39H48BrN3O8/c1-6-8-14-31(45)41-22-30(25-12-10-9-11-13-25)50-38(48)32-33-36(46)43(27(23-44)20-24(3)4)35(39(33)21-29(40)34(32)51-39)37(47)42(19-7-2)26-15-17-28(49-5)18-16-26/h6-7,9-13,15-18,24,27,29-30,32-35,44H,1-2,8,14,19-23H2,3-5H3,(H,41,45)/t27-,29?,30-,32-,33+,34-,35-,39+/m1/s1. The summed E-state index contributed by atoms with van der Waals surface area (Å²) in [5, 5.41) is 13.6. The number of anilines is 1. The van der Waals surface area contributed by atoms with Crippen LogP contribution in [-0.4, -0.2) is 89.1 Å². The molecule has 1 unspecified atom stereocenters. The van der Waals surface area contributed by atoms with Gasteiger partial charge >= 0.3 is 5.97 Å². The Hall–Kier alpha value is -4.00. The Bertz CT molecular complexity index is 1590. The number of rotatable bonds is 17. The van der Waals surface area contributed by atoms with E-state index in [-0.39, 0.29) is 49.2 Å². The normalized spacial score (nSPS) is 26.0. The molecule has 2 N–H and O–H groups in total. The van der Waals surface area contributed by atoms with Gasteiger partial charge in [0.2, 0.25) is 11.8 Å². The van der Waals surface area contributed by atoms with Crippen molar-refractivity contribution < 1.29 is 38.5 Å². The first kappa shape index (κ1) is 38.2. The van der Waals surface area contributed by atoms with E-state index in [0.717, 1.165) is 0 Å². The topological polar surface area (TPSA) is 135 Å². The molecule has 51 heavy (non-hydrogen) atoms. The van der Waals surface area contributed by atoms with E-state index in [0.29, 0.717) is 29.8 Å². The molecule has 3 amide bonds. The van der Waals surface area contributed by atoms with Crippen molar-refractivity contribution in [3.8, 4) is 5.75 Å². The van der Waals surface area contributed by atoms with Gasteiger partial charge < -0.3 is 34.4 Å². The van der Waals surface area contributed by atoms with Crippen molar-refractivity contribution in [2.24, 2.45) is 17.8 Å². The molecule has 3 saturated heterocycles. The molecular weight excluding hydrogens is 718 g/mol. The number of allylic oxidation sites excluding steroid dienone is 1. The van der Waals surface area contributed by atoms with E-state index in [4.69, 9.17) is 14.2 Å². The minimum atomic E-state index is -1.38. The number of aliphatic hydroxyl groups is 1. The van der Waals surface area contributed by atoms with Crippen molar-refractivity contribution in [1.82, 2.24) is 10.2 Å². The number of benzene rings is 2. The van der Waals surface area contributed by atoms with Crippen LogP contribution in [0.25, 0.3) is 0 Å². The van der Waals surface area contributed by atoms with Crippen LogP contribution in [0.1, 0.15) is 51.2 Å². The van der Waals surface area contributed by atoms with Crippen molar-refractivity contribution in [3.63, 3.8) is 0 Å². The van der Waals surface area contributed by atoms with Gasteiger partial charge in [-0.1, -0.05) is 72.3 Å². The van der Waals surface area contributed by atoms with Crippen molar-refractivity contribution >= 4 is 45.3 Å². The first-order chi connectivity index (χ1) is 24.5. The maximum atomic E-state index is 15.0. The van der Waals surface area contributed by atoms with Crippen molar-refractivity contribution in [1.29, 1.82) is 0 Å². The molecule has 3 aliphatic heterocycles. The number of esters is 1. The summed E-state index contributed by atoms with van der Waals surface area (Å²) < 4.78 is 18.2. The second-order valence-corrected chi connectivity index (χ2v) is 15.0. The van der Waals surface area contributed by atoms with Crippen LogP contribution in [0, 0.1) is 17.8 Å². The van der Waals surface area contributed by atoms with Gasteiger partial charge in [-0.25, -0.2) is 0 Å². The van der Waals surface area contributed by atoms with Crippen LogP contribution in [0.4, 0.5) is 5.69 Å². The van der Waals surface area contributed by atoms with Crippen LogP contribution in [0.3, 0.4) is 0 Å². The molecule has 8 atom stereocenters. The SMILES string of the molecule is C=CCCC(=O)NC[C@@H](OC(=O)[C@H]1[C@@H]2O[C@@]3(CC2Br)[C@@H]1C(=O)N([C@@H](CO)CC(C)C)[C@@H]3C(=O)N(CC=C)c1ccc(OC)cc1)c1ccccc1. The zero-order chi connectivity index (χ0) is 36.9. The van der Waals surface area contributed by atoms with E-state index in [1.54, 1.807) is 48.4 Å². The van der Waals surface area contributed by atoms with Crippen LogP contribution in [0.2, 0.25) is 0 Å². The molecule has 2 bridgehead atoms. The van der Waals surface area contributed by atoms with Crippen LogP contribution < -0.4 is 15.0 Å². The molecule has 1 spiro atoms. The van der Waals surface area contributed by atoms with Crippen molar-refractivity contribution in [3.05, 3.63) is 85.5 Å². The highest BCUT2D eigenvalue weighted by Gasteiger charge is 2.77. The minimum absolute atomic E-state index is 0.0258. The van der Waals surface area contributed by atoms with Crippen LogP contribution in [-0.2, 0) is 28.7 Å². The van der Waals surface area contributed by atoms with E-state index >= 15 is 0 Å². The molecule has 274 valence electrons. The summed E-state index contributed by atoms with van der Waals surface area (Å²) in [6, 6.07) is 14.2. The molecule has 11 nitrogen and oxygen atoms in total. The third-order valence-electron chi connectivity index (χ3n) is 10.0. The van der Waals surface area contributed by atoms with E-state index < -0.39 is 59.5 Å². The van der Waals surface area contributed by atoms with Crippen LogP contribution in [0.15, 0.2) is 79.9 Å². The Balaban J connectivity index is 1.53. The number of ether oxygens (including phenoxy) is 3. The summed E-state index contributed by atoms with van der Waals surface area (Å²) >= 11 is 3.73. The molecule has 3 aliphatic rings. The fourth-order valence-electron chi connectivity index (χ4n) is 7.83. The van der Waals surface area contributed by atoms with Crippen molar-refractivity contribution in [2.75, 3.05) is 31.7 Å². The van der Waals surface area contributed by atoms with E-state index in [1.807, 2.05) is 44.2 Å². The van der Waals surface area contributed by atoms with Gasteiger partial charge in [0.05, 0.1) is 44.2 Å². The average molecular weight is 767 g/mol. The van der Waals surface area contributed by atoms with Crippen LogP contribution in [0.5, 0.6) is 5.75 Å². The highest BCUT2D eigenvalue weighted by atomic mass is 79.9. The number of likely N-dealkylation sites (tertiary alicyclic amines) is 1. The van der Waals surface area contributed by atoms with Gasteiger partial charge in [-0.05, 0) is 55.0 Å². The summed E-state index contributed by atoms with van der Waals surface area (Å²) in [6.07, 6.45) is 3.13. The number of hydrogen-bond acceptors (Lipinski definition) is 8. The molecule has 12 heteroatoms. The van der Waals surface area contributed by atoms with Gasteiger partial charge in [0, 0.05) is 23.5 Å². The predicted molar refractivity (Wildman–Crippen MR) is 196 cm³/mol. The Kier molecular flexibility index (Phi) is 12.4. The fraction of sp³-hybridized carbons (Fsp3) is 0.487. The fourth-order valence-corrected chi connectivity index (χ4v) is 8.78. The Labute approximate surface area is 308 Å². The van der Waals surface area contributed by atoms with E-state index in [2.05, 4.69) is 34.4 Å². The molecular formula is C39H48BrN3O8. The number of halogens is 1. The number of nitrogens with zero attached hydrogens (tertiary/aromatic N) is 2. The number of nitrogens with one attached hydrogen (secondary N) is 1. The van der Waals surface area contributed by atoms with Gasteiger partial charge in [-0.15, -0.1) is 13.2 Å². The highest BCUT2D eigenvalue weighted by molar-refractivity contribution is 9.09. The molecule has 2 aromatic carbocycles. The average Bonchev–Trinajstić information content (AvgIpc) is 3.73. The van der Waals surface area contributed by atoms with Crippen LogP contribution >= 0.6 is 15.9 Å². The number of carbonyl (C=O) groups is 4. The zero-order valence-electron chi connectivity index (χ0n) is 29.4. The summed E-state index contributed by atoms with van der Waals surface area (Å²) in [7, 11) is 1.56. The lowest BCUT2D eigenvalue weighted by atomic mass is 9.70. The monoisotopic (exact) mass is 765 g/mol. The number of hydrogen-bond donors (Lipinski definition) is 2. The molecule has 3 heterocycles. The van der Waals surface area contributed by atoms with Crippen molar-refractivity contribution in [2.45, 2.75) is 74.3 Å². The maximum Gasteiger partial charge on any atom is 0.313 e. The number of fused-ring (bicyclic) bond motifs is 1.